The van der Waals surface area contributed by atoms with E-state index in [4.69, 9.17) is 0 Å². The third-order valence-corrected chi connectivity index (χ3v) is 3.25. The minimum absolute atomic E-state index is 0.0234. The van der Waals surface area contributed by atoms with Gasteiger partial charge in [-0.1, -0.05) is 12.1 Å². The molecule has 2 heterocycles. The Kier molecular flexibility index (Phi) is 3.17. The molecule has 3 rings (SSSR count). The molecule has 0 radical (unpaired) electrons. The van der Waals surface area contributed by atoms with Gasteiger partial charge in [-0.2, -0.15) is 10.1 Å². The Morgan fingerprint density at radius 3 is 3.00 bits per heavy atom. The number of benzene rings is 1. The predicted molar refractivity (Wildman–Crippen MR) is 76.9 cm³/mol. The Balaban J connectivity index is 1.71. The van der Waals surface area contributed by atoms with Gasteiger partial charge in [0, 0.05) is 5.69 Å². The number of amides is 2. The van der Waals surface area contributed by atoms with Gasteiger partial charge in [0.25, 0.3) is 5.91 Å². The molecule has 1 aliphatic heterocycles. The Labute approximate surface area is 121 Å². The summed E-state index contributed by atoms with van der Waals surface area (Å²) in [4.78, 5) is 28.0. The molecule has 1 aromatic heterocycles. The highest BCUT2D eigenvalue weighted by atomic mass is 16.2. The summed E-state index contributed by atoms with van der Waals surface area (Å²) in [7, 11) is 0. The second-order valence-corrected chi connectivity index (χ2v) is 5.05. The molecule has 2 aromatic rings. The van der Waals surface area contributed by atoms with Crippen molar-refractivity contribution in [1.82, 2.24) is 14.8 Å². The summed E-state index contributed by atoms with van der Waals surface area (Å²) in [6.07, 6.45) is 0.0234. The van der Waals surface area contributed by atoms with Crippen LogP contribution in [0.1, 0.15) is 23.9 Å². The summed E-state index contributed by atoms with van der Waals surface area (Å²) in [6.45, 7) is 3.69. The molecule has 0 saturated carbocycles. The van der Waals surface area contributed by atoms with Crippen LogP contribution in [0.2, 0.25) is 0 Å². The van der Waals surface area contributed by atoms with Crippen molar-refractivity contribution < 1.29 is 9.59 Å². The van der Waals surface area contributed by atoms with Crippen LogP contribution in [0, 0.1) is 13.8 Å². The van der Waals surface area contributed by atoms with Gasteiger partial charge in [0.2, 0.25) is 11.9 Å². The lowest BCUT2D eigenvalue weighted by atomic mass is 10.2. The zero-order chi connectivity index (χ0) is 15.0. The first-order valence-corrected chi connectivity index (χ1v) is 6.63. The van der Waals surface area contributed by atoms with Crippen LogP contribution < -0.4 is 10.6 Å². The average Bonchev–Trinajstić information content (AvgIpc) is 2.87. The summed E-state index contributed by atoms with van der Waals surface area (Å²) in [5.74, 6) is 0.464. The van der Waals surface area contributed by atoms with Gasteiger partial charge < -0.3 is 5.32 Å². The Hall–Kier alpha value is -2.70. The number of hydrogen-bond acceptors (Lipinski definition) is 4. The highest BCUT2D eigenvalue weighted by Gasteiger charge is 2.34. The van der Waals surface area contributed by atoms with Gasteiger partial charge in [0.15, 0.2) is 0 Å². The van der Waals surface area contributed by atoms with Crippen molar-refractivity contribution in [3.05, 3.63) is 35.7 Å². The first kappa shape index (κ1) is 13.3. The minimum atomic E-state index is -0.647. The third kappa shape index (κ3) is 2.62. The van der Waals surface area contributed by atoms with Crippen LogP contribution in [0.3, 0.4) is 0 Å². The van der Waals surface area contributed by atoms with Gasteiger partial charge in [-0.15, -0.1) is 0 Å². The summed E-state index contributed by atoms with van der Waals surface area (Å²) in [6, 6.07) is 6.85. The number of hydrogen-bond donors (Lipinski definition) is 2. The number of carbonyl (C=O) groups excluding carboxylic acids is 2. The monoisotopic (exact) mass is 285 g/mol. The number of rotatable bonds is 3. The maximum Gasteiger partial charge on any atom is 0.252 e. The molecule has 1 aliphatic rings. The fraction of sp³-hybridized carbons (Fsp3) is 0.286. The third-order valence-electron chi connectivity index (χ3n) is 3.25. The predicted octanol–water partition coefficient (Wildman–Crippen LogP) is 1.42. The van der Waals surface area contributed by atoms with E-state index in [1.165, 1.54) is 4.68 Å². The van der Waals surface area contributed by atoms with Crippen LogP contribution in [-0.2, 0) is 9.59 Å². The van der Waals surface area contributed by atoms with Crippen molar-refractivity contribution in [3.63, 3.8) is 0 Å². The summed E-state index contributed by atoms with van der Waals surface area (Å²) in [5.41, 5.74) is 1.77. The Morgan fingerprint density at radius 1 is 1.43 bits per heavy atom. The van der Waals surface area contributed by atoms with Crippen LogP contribution in [0.4, 0.5) is 11.6 Å². The van der Waals surface area contributed by atoms with Gasteiger partial charge in [-0.05, 0) is 31.5 Å². The number of nitrogens with one attached hydrogen (secondary N) is 2. The van der Waals surface area contributed by atoms with Crippen molar-refractivity contribution in [2.75, 3.05) is 10.6 Å². The highest BCUT2D eigenvalue weighted by Crippen LogP contribution is 2.25. The van der Waals surface area contributed by atoms with Crippen molar-refractivity contribution in [2.24, 2.45) is 0 Å². The molecule has 0 unspecified atom stereocenters. The first-order valence-electron chi connectivity index (χ1n) is 6.63. The number of nitrogens with zero attached hydrogens (tertiary/aromatic N) is 3. The Bertz CT molecular complexity index is 722. The smallest absolute Gasteiger partial charge is 0.252 e. The lowest BCUT2D eigenvalue weighted by Gasteiger charge is -2.10. The zero-order valence-corrected chi connectivity index (χ0v) is 11.8. The van der Waals surface area contributed by atoms with Crippen LogP contribution >= 0.6 is 0 Å². The number of fused-ring (bicyclic) bond motifs is 1. The van der Waals surface area contributed by atoms with Crippen molar-refractivity contribution in [2.45, 2.75) is 26.3 Å². The molecular weight excluding hydrogens is 270 g/mol. The molecule has 2 amide bonds. The van der Waals surface area contributed by atoms with E-state index in [1.54, 1.807) is 6.92 Å². The summed E-state index contributed by atoms with van der Waals surface area (Å²) < 4.78 is 1.47. The lowest BCUT2D eigenvalue weighted by Crippen LogP contribution is -2.23. The zero-order valence-electron chi connectivity index (χ0n) is 11.8. The van der Waals surface area contributed by atoms with Crippen molar-refractivity contribution in [1.29, 1.82) is 0 Å². The molecule has 108 valence electrons. The van der Waals surface area contributed by atoms with Gasteiger partial charge >= 0.3 is 0 Å². The molecule has 2 N–H and O–H groups in total. The molecule has 1 atom stereocenters. The van der Waals surface area contributed by atoms with Gasteiger partial charge in [0.05, 0.1) is 6.42 Å². The topological polar surface area (TPSA) is 88.9 Å². The average molecular weight is 285 g/mol. The van der Waals surface area contributed by atoms with E-state index in [1.807, 2.05) is 31.2 Å². The SMILES string of the molecule is Cc1cccc(NC(=O)C[C@@H]2C(=O)Nc3nc(C)nn32)c1. The van der Waals surface area contributed by atoms with Gasteiger partial charge in [-0.3, -0.25) is 14.9 Å². The fourth-order valence-corrected chi connectivity index (χ4v) is 2.33. The molecule has 7 heteroatoms. The van der Waals surface area contributed by atoms with E-state index in [2.05, 4.69) is 20.7 Å². The molecular formula is C14H15N5O2. The molecule has 0 aliphatic carbocycles. The van der Waals surface area contributed by atoms with Gasteiger partial charge in [0.1, 0.15) is 11.9 Å². The largest absolute Gasteiger partial charge is 0.326 e. The van der Waals surface area contributed by atoms with Crippen LogP contribution in [0.15, 0.2) is 24.3 Å². The summed E-state index contributed by atoms with van der Waals surface area (Å²) in [5, 5.41) is 9.54. The second-order valence-electron chi connectivity index (χ2n) is 5.05. The maximum atomic E-state index is 12.1. The molecule has 0 fully saturated rings. The quantitative estimate of drug-likeness (QED) is 0.892. The summed E-state index contributed by atoms with van der Waals surface area (Å²) >= 11 is 0. The number of carbonyl (C=O) groups is 2. The standard InChI is InChI=1S/C14H15N5O2/c1-8-4-3-5-10(6-8)16-12(20)7-11-13(21)17-14-15-9(2)18-19(11)14/h3-6,11H,7H2,1-2H3,(H,16,20)(H,15,17,18,21)/t11-/m1/s1. The lowest BCUT2D eigenvalue weighted by molar-refractivity contribution is -0.123. The van der Waals surface area contributed by atoms with E-state index in [0.717, 1.165) is 5.56 Å². The number of aromatic nitrogens is 3. The molecule has 21 heavy (non-hydrogen) atoms. The molecule has 1 aromatic carbocycles. The van der Waals surface area contributed by atoms with E-state index in [-0.39, 0.29) is 18.2 Å². The first-order chi connectivity index (χ1) is 10.0. The number of anilines is 2. The minimum Gasteiger partial charge on any atom is -0.326 e. The van der Waals surface area contributed by atoms with E-state index >= 15 is 0 Å². The van der Waals surface area contributed by atoms with Crippen LogP contribution in [0.5, 0.6) is 0 Å². The second kappa shape index (κ2) is 5.01. The van der Waals surface area contributed by atoms with Crippen molar-refractivity contribution in [3.8, 4) is 0 Å². The van der Waals surface area contributed by atoms with Crippen LogP contribution in [0.25, 0.3) is 0 Å². The van der Waals surface area contributed by atoms with Gasteiger partial charge in [-0.25, -0.2) is 4.68 Å². The molecule has 7 nitrogen and oxygen atoms in total. The highest BCUT2D eigenvalue weighted by molar-refractivity contribution is 6.00. The van der Waals surface area contributed by atoms with E-state index in [0.29, 0.717) is 17.5 Å². The Morgan fingerprint density at radius 2 is 2.24 bits per heavy atom. The maximum absolute atomic E-state index is 12.1. The normalized spacial score (nSPS) is 16.5. The molecule has 0 saturated heterocycles. The van der Waals surface area contributed by atoms with E-state index < -0.39 is 6.04 Å². The molecule has 0 spiro atoms. The van der Waals surface area contributed by atoms with Crippen LogP contribution in [-0.4, -0.2) is 26.6 Å². The number of aryl methyl sites for hydroxylation is 2. The van der Waals surface area contributed by atoms with Crippen molar-refractivity contribution >= 4 is 23.5 Å². The fourth-order valence-electron chi connectivity index (χ4n) is 2.33. The van der Waals surface area contributed by atoms with E-state index in [9.17, 15) is 9.59 Å². The molecule has 0 bridgehead atoms.